The molecule has 0 amide bonds. The van der Waals surface area contributed by atoms with E-state index in [0.717, 1.165) is 35.5 Å². The molecular weight excluding hydrogens is 416 g/mol. The lowest BCUT2D eigenvalue weighted by atomic mass is 9.96. The molecule has 1 saturated carbocycles. The third kappa shape index (κ3) is 6.71. The average Bonchev–Trinajstić information content (AvgIpc) is 2.87. The number of hydrogen-bond donors (Lipinski definition) is 3. The first-order valence-electron chi connectivity index (χ1n) is 11.5. The van der Waals surface area contributed by atoms with Gasteiger partial charge in [-0.15, -0.1) is 0 Å². The standard InChI is InChI=1S/C25H32N6O2/c1-32-21-13-19(14-22(15-21)33-2)17-27-24-29-23(26-16-18-9-5-3-6-10-18)30-25(31-24)28-20-11-7-4-8-12-20/h3,5-6,9-10,13-15,20H,4,7-8,11-12,16-17H2,1-2H3,(H3,26,27,28,29,30,31). The molecule has 0 bridgehead atoms. The van der Waals surface area contributed by atoms with Crippen LogP contribution in [0.4, 0.5) is 17.8 Å². The van der Waals surface area contributed by atoms with Gasteiger partial charge >= 0.3 is 0 Å². The number of benzene rings is 2. The molecule has 8 nitrogen and oxygen atoms in total. The van der Waals surface area contributed by atoms with Crippen LogP contribution >= 0.6 is 0 Å². The third-order valence-electron chi connectivity index (χ3n) is 5.73. The molecular formula is C25H32N6O2. The molecule has 8 heteroatoms. The Morgan fingerprint density at radius 3 is 1.91 bits per heavy atom. The molecule has 1 aromatic heterocycles. The summed E-state index contributed by atoms with van der Waals surface area (Å²) in [6, 6.07) is 16.4. The van der Waals surface area contributed by atoms with E-state index in [9.17, 15) is 0 Å². The average molecular weight is 449 g/mol. The van der Waals surface area contributed by atoms with Gasteiger partial charge in [-0.2, -0.15) is 15.0 Å². The van der Waals surface area contributed by atoms with Crippen LogP contribution in [0.1, 0.15) is 43.2 Å². The number of ether oxygens (including phenoxy) is 2. The quantitative estimate of drug-likeness (QED) is 0.405. The number of hydrogen-bond acceptors (Lipinski definition) is 8. The van der Waals surface area contributed by atoms with Gasteiger partial charge in [0.2, 0.25) is 17.8 Å². The minimum absolute atomic E-state index is 0.401. The highest BCUT2D eigenvalue weighted by atomic mass is 16.5. The molecule has 1 aliphatic carbocycles. The molecule has 4 rings (SSSR count). The summed E-state index contributed by atoms with van der Waals surface area (Å²) in [5, 5.41) is 10.2. The first kappa shape index (κ1) is 22.6. The van der Waals surface area contributed by atoms with E-state index in [1.807, 2.05) is 36.4 Å². The number of nitrogens with one attached hydrogen (secondary N) is 3. The van der Waals surface area contributed by atoms with Crippen LogP contribution in [0.15, 0.2) is 48.5 Å². The van der Waals surface area contributed by atoms with Gasteiger partial charge in [0, 0.05) is 25.2 Å². The van der Waals surface area contributed by atoms with Crippen LogP contribution in [0.5, 0.6) is 11.5 Å². The smallest absolute Gasteiger partial charge is 0.229 e. The second-order valence-electron chi connectivity index (χ2n) is 8.20. The number of nitrogens with zero attached hydrogens (tertiary/aromatic N) is 3. The molecule has 1 fully saturated rings. The molecule has 0 radical (unpaired) electrons. The van der Waals surface area contributed by atoms with Crippen molar-refractivity contribution in [1.82, 2.24) is 15.0 Å². The second kappa shape index (κ2) is 11.4. The fourth-order valence-electron chi connectivity index (χ4n) is 3.95. The highest BCUT2D eigenvalue weighted by molar-refractivity contribution is 5.45. The summed E-state index contributed by atoms with van der Waals surface area (Å²) in [4.78, 5) is 13.9. The van der Waals surface area contributed by atoms with Gasteiger partial charge in [-0.1, -0.05) is 49.6 Å². The van der Waals surface area contributed by atoms with E-state index in [2.05, 4.69) is 43.0 Å². The summed E-state index contributed by atoms with van der Waals surface area (Å²) in [5.74, 6) is 3.13. The van der Waals surface area contributed by atoms with Crippen LogP contribution in [-0.2, 0) is 13.1 Å². The number of rotatable bonds is 10. The molecule has 1 aliphatic rings. The number of aromatic nitrogens is 3. The van der Waals surface area contributed by atoms with Gasteiger partial charge in [0.1, 0.15) is 11.5 Å². The van der Waals surface area contributed by atoms with Crippen LogP contribution in [-0.4, -0.2) is 35.2 Å². The Morgan fingerprint density at radius 2 is 1.30 bits per heavy atom. The normalized spacial score (nSPS) is 13.9. The first-order valence-corrected chi connectivity index (χ1v) is 11.5. The Morgan fingerprint density at radius 1 is 0.727 bits per heavy atom. The molecule has 3 N–H and O–H groups in total. The zero-order valence-corrected chi connectivity index (χ0v) is 19.3. The van der Waals surface area contributed by atoms with Gasteiger partial charge in [-0.05, 0) is 36.1 Å². The lowest BCUT2D eigenvalue weighted by molar-refractivity contribution is 0.393. The van der Waals surface area contributed by atoms with E-state index >= 15 is 0 Å². The van der Waals surface area contributed by atoms with E-state index in [0.29, 0.717) is 37.0 Å². The van der Waals surface area contributed by atoms with Crippen molar-refractivity contribution < 1.29 is 9.47 Å². The number of anilines is 3. The molecule has 33 heavy (non-hydrogen) atoms. The Hall–Kier alpha value is -3.55. The van der Waals surface area contributed by atoms with Gasteiger partial charge in [0.05, 0.1) is 14.2 Å². The Kier molecular flexibility index (Phi) is 7.79. The molecule has 174 valence electrons. The van der Waals surface area contributed by atoms with Gasteiger partial charge in [-0.3, -0.25) is 0 Å². The maximum Gasteiger partial charge on any atom is 0.229 e. The Labute approximate surface area is 195 Å². The van der Waals surface area contributed by atoms with E-state index in [1.165, 1.54) is 19.3 Å². The molecule has 0 saturated heterocycles. The molecule has 1 heterocycles. The van der Waals surface area contributed by atoms with Crippen molar-refractivity contribution in [2.75, 3.05) is 30.2 Å². The van der Waals surface area contributed by atoms with Crippen LogP contribution in [0.3, 0.4) is 0 Å². The van der Waals surface area contributed by atoms with Gasteiger partial charge in [0.25, 0.3) is 0 Å². The van der Waals surface area contributed by atoms with Gasteiger partial charge in [0.15, 0.2) is 0 Å². The highest BCUT2D eigenvalue weighted by Crippen LogP contribution is 2.24. The van der Waals surface area contributed by atoms with Crippen LogP contribution in [0, 0.1) is 0 Å². The third-order valence-corrected chi connectivity index (χ3v) is 5.73. The molecule has 0 unspecified atom stereocenters. The minimum atomic E-state index is 0.401. The molecule has 0 atom stereocenters. The maximum atomic E-state index is 5.38. The largest absolute Gasteiger partial charge is 0.497 e. The van der Waals surface area contributed by atoms with Crippen molar-refractivity contribution in [2.45, 2.75) is 51.2 Å². The van der Waals surface area contributed by atoms with E-state index in [-0.39, 0.29) is 0 Å². The van der Waals surface area contributed by atoms with Crippen molar-refractivity contribution in [3.63, 3.8) is 0 Å². The fourth-order valence-corrected chi connectivity index (χ4v) is 3.95. The zero-order valence-electron chi connectivity index (χ0n) is 19.3. The second-order valence-corrected chi connectivity index (χ2v) is 8.20. The summed E-state index contributed by atoms with van der Waals surface area (Å²) < 4.78 is 10.8. The monoisotopic (exact) mass is 448 g/mol. The van der Waals surface area contributed by atoms with Crippen LogP contribution in [0.25, 0.3) is 0 Å². The first-order chi connectivity index (χ1) is 16.2. The highest BCUT2D eigenvalue weighted by Gasteiger charge is 2.16. The predicted molar refractivity (Wildman–Crippen MR) is 131 cm³/mol. The Bertz CT molecular complexity index is 1000. The van der Waals surface area contributed by atoms with Crippen LogP contribution in [0.2, 0.25) is 0 Å². The van der Waals surface area contributed by atoms with E-state index in [4.69, 9.17) is 9.47 Å². The van der Waals surface area contributed by atoms with Crippen molar-refractivity contribution in [2.24, 2.45) is 0 Å². The molecule has 2 aromatic carbocycles. The topological polar surface area (TPSA) is 93.2 Å². The van der Waals surface area contributed by atoms with Crippen molar-refractivity contribution >= 4 is 17.8 Å². The number of methoxy groups -OCH3 is 2. The lowest BCUT2D eigenvalue weighted by Crippen LogP contribution is -2.24. The predicted octanol–water partition coefficient (Wildman–Crippen LogP) is 4.86. The van der Waals surface area contributed by atoms with Crippen molar-refractivity contribution in [3.05, 3.63) is 59.7 Å². The maximum absolute atomic E-state index is 5.38. The SMILES string of the molecule is COc1cc(CNc2nc(NCc3ccccc3)nc(NC3CCCCC3)n2)cc(OC)c1. The molecule has 3 aromatic rings. The van der Waals surface area contributed by atoms with Crippen molar-refractivity contribution in [3.8, 4) is 11.5 Å². The molecule has 0 spiro atoms. The molecule has 0 aliphatic heterocycles. The summed E-state index contributed by atoms with van der Waals surface area (Å²) >= 11 is 0. The lowest BCUT2D eigenvalue weighted by Gasteiger charge is -2.23. The Balaban J connectivity index is 1.50. The van der Waals surface area contributed by atoms with Gasteiger partial charge in [-0.25, -0.2) is 0 Å². The zero-order chi connectivity index (χ0) is 22.9. The fraction of sp³-hybridized carbons (Fsp3) is 0.400. The summed E-state index contributed by atoms with van der Waals surface area (Å²) in [6.45, 7) is 1.17. The summed E-state index contributed by atoms with van der Waals surface area (Å²) in [5.41, 5.74) is 2.17. The van der Waals surface area contributed by atoms with E-state index < -0.39 is 0 Å². The van der Waals surface area contributed by atoms with E-state index in [1.54, 1.807) is 14.2 Å². The van der Waals surface area contributed by atoms with Crippen molar-refractivity contribution in [1.29, 1.82) is 0 Å². The van der Waals surface area contributed by atoms with Gasteiger partial charge < -0.3 is 25.4 Å². The van der Waals surface area contributed by atoms with Crippen LogP contribution < -0.4 is 25.4 Å². The summed E-state index contributed by atoms with van der Waals surface area (Å²) in [6.07, 6.45) is 6.07. The summed E-state index contributed by atoms with van der Waals surface area (Å²) in [7, 11) is 3.29. The minimum Gasteiger partial charge on any atom is -0.497 e.